The fourth-order valence-corrected chi connectivity index (χ4v) is 9.85. The van der Waals surface area contributed by atoms with Gasteiger partial charge in [0.05, 0.1) is 7.05 Å². The molecule has 352 valence electrons. The van der Waals surface area contributed by atoms with Gasteiger partial charge < -0.3 is 12.4 Å². The van der Waals surface area contributed by atoms with Crippen LogP contribution in [0.2, 0.25) is 0 Å². The Morgan fingerprint density at radius 1 is 0.322 bits per heavy atom. The molecule has 3 heteroatoms. The summed E-state index contributed by atoms with van der Waals surface area (Å²) in [4.78, 5) is 0. The van der Waals surface area contributed by atoms with Gasteiger partial charge in [0.2, 0.25) is 6.33 Å². The first-order valence-electron chi connectivity index (χ1n) is 27.7. The second kappa shape index (κ2) is 48.5. The van der Waals surface area contributed by atoms with Gasteiger partial charge in [0, 0.05) is 0 Å². The van der Waals surface area contributed by atoms with Crippen LogP contribution in [0.4, 0.5) is 0 Å². The van der Waals surface area contributed by atoms with Crippen LogP contribution in [0.5, 0.6) is 0 Å². The second-order valence-electron chi connectivity index (χ2n) is 19.8. The van der Waals surface area contributed by atoms with Crippen LogP contribution in [0.1, 0.15) is 329 Å². The Morgan fingerprint density at radius 3 is 0.797 bits per heavy atom. The lowest BCUT2D eigenvalue weighted by atomic mass is 9.89. The maximum Gasteiger partial charge on any atom is 0.243 e. The number of aromatic nitrogens is 2. The Morgan fingerprint density at radius 2 is 0.542 bits per heavy atom. The average Bonchev–Trinajstić information content (AvgIpc) is 3.67. The lowest BCUT2D eigenvalue weighted by molar-refractivity contribution is -0.724. The largest absolute Gasteiger partial charge is 1.00 e. The molecule has 0 saturated carbocycles. The highest BCUT2D eigenvalue weighted by molar-refractivity contribution is 4.67. The number of unbranched alkanes of at least 4 members (excludes halogenated alkanes) is 38. The van der Waals surface area contributed by atoms with Crippen LogP contribution in [0.25, 0.3) is 0 Å². The maximum atomic E-state index is 2.56. The normalized spacial score (nSPS) is 12.2. The molecule has 0 aliphatic heterocycles. The molecule has 1 rings (SSSR count). The zero-order valence-corrected chi connectivity index (χ0v) is 42.1. The molecule has 1 unspecified atom stereocenters. The molecule has 1 atom stereocenters. The van der Waals surface area contributed by atoms with E-state index in [-0.39, 0.29) is 12.4 Å². The Kier molecular flexibility index (Phi) is 48.1. The molecule has 2 nitrogen and oxygen atoms in total. The monoisotopic (exact) mass is 847 g/mol. The predicted molar refractivity (Wildman–Crippen MR) is 262 cm³/mol. The van der Waals surface area contributed by atoms with E-state index >= 15 is 0 Å². The molecule has 0 aromatic carbocycles. The van der Waals surface area contributed by atoms with Crippen LogP contribution in [0, 0.1) is 5.92 Å². The van der Waals surface area contributed by atoms with Crippen molar-refractivity contribution < 1.29 is 17.0 Å². The number of rotatable bonds is 49. The molecule has 0 bridgehead atoms. The number of halogens is 1. The van der Waals surface area contributed by atoms with Gasteiger partial charge in [-0.05, 0) is 31.6 Å². The van der Waals surface area contributed by atoms with Crippen molar-refractivity contribution in [2.45, 2.75) is 329 Å². The Balaban J connectivity index is 0.0000336. The molecule has 0 N–H and O–H groups in total. The Hall–Kier alpha value is -0.500. The van der Waals surface area contributed by atoms with Gasteiger partial charge >= 0.3 is 0 Å². The molecule has 0 aliphatic rings. The van der Waals surface area contributed by atoms with Crippen LogP contribution in [-0.4, -0.2) is 4.57 Å². The third kappa shape index (κ3) is 41.3. The lowest BCUT2D eigenvalue weighted by Crippen LogP contribution is -3.00. The third-order valence-corrected chi connectivity index (χ3v) is 13.9. The van der Waals surface area contributed by atoms with Gasteiger partial charge in [-0.15, -0.1) is 0 Å². The minimum Gasteiger partial charge on any atom is -1.00 e. The van der Waals surface area contributed by atoms with E-state index in [2.05, 4.69) is 55.7 Å². The van der Waals surface area contributed by atoms with Gasteiger partial charge in [-0.1, -0.05) is 297 Å². The van der Waals surface area contributed by atoms with Crippen LogP contribution >= 0.6 is 0 Å². The van der Waals surface area contributed by atoms with Crippen LogP contribution in [0.3, 0.4) is 0 Å². The summed E-state index contributed by atoms with van der Waals surface area (Å²) in [6, 6.07) is 0.693. The van der Waals surface area contributed by atoms with Gasteiger partial charge in [0.15, 0.2) is 0 Å². The highest BCUT2D eigenvalue weighted by Crippen LogP contribution is 2.27. The summed E-state index contributed by atoms with van der Waals surface area (Å²) < 4.78 is 4.81. The van der Waals surface area contributed by atoms with Crippen molar-refractivity contribution in [3.63, 3.8) is 0 Å². The molecule has 1 heterocycles. The maximum absolute atomic E-state index is 2.56. The van der Waals surface area contributed by atoms with E-state index in [0.717, 1.165) is 5.92 Å². The van der Waals surface area contributed by atoms with E-state index in [4.69, 9.17) is 0 Å². The summed E-state index contributed by atoms with van der Waals surface area (Å²) in [5, 5.41) is 0. The van der Waals surface area contributed by atoms with Gasteiger partial charge in [-0.2, -0.15) is 0 Å². The smallest absolute Gasteiger partial charge is 0.243 e. The molecular weight excluding hydrogens is 736 g/mol. The van der Waals surface area contributed by atoms with Crippen molar-refractivity contribution in [1.82, 2.24) is 4.57 Å². The van der Waals surface area contributed by atoms with Gasteiger partial charge in [-0.25, -0.2) is 9.13 Å². The van der Waals surface area contributed by atoms with E-state index in [9.17, 15) is 0 Å². The van der Waals surface area contributed by atoms with Crippen molar-refractivity contribution in [3.8, 4) is 0 Å². The summed E-state index contributed by atoms with van der Waals surface area (Å²) in [6.45, 7) is 6.97. The quantitative estimate of drug-likeness (QED) is 0.0456. The van der Waals surface area contributed by atoms with Crippen molar-refractivity contribution in [1.29, 1.82) is 0 Å². The fraction of sp³-hybridized carbons (Fsp3) is 0.946. The molecule has 1 aromatic heterocycles. The predicted octanol–water partition coefficient (Wildman–Crippen LogP) is 16.9. The minimum absolute atomic E-state index is 0. The van der Waals surface area contributed by atoms with E-state index in [1.807, 2.05) is 0 Å². The Bertz CT molecular complexity index is 868. The first-order chi connectivity index (χ1) is 28.7. The van der Waals surface area contributed by atoms with Crippen molar-refractivity contribution in [3.05, 3.63) is 18.7 Å². The molecule has 0 spiro atoms. The summed E-state index contributed by atoms with van der Waals surface area (Å²) >= 11 is 0. The summed E-state index contributed by atoms with van der Waals surface area (Å²) in [7, 11) is 2.19. The molecular formula is C56H111ClN2. The summed E-state index contributed by atoms with van der Waals surface area (Å²) in [5.41, 5.74) is 0. The van der Waals surface area contributed by atoms with Crippen LogP contribution in [-0.2, 0) is 7.05 Å². The zero-order valence-electron chi connectivity index (χ0n) is 41.4. The second-order valence-corrected chi connectivity index (χ2v) is 19.8. The fourth-order valence-electron chi connectivity index (χ4n) is 9.85. The van der Waals surface area contributed by atoms with Gasteiger partial charge in [0.1, 0.15) is 18.4 Å². The van der Waals surface area contributed by atoms with Crippen molar-refractivity contribution >= 4 is 0 Å². The van der Waals surface area contributed by atoms with Gasteiger partial charge in [-0.3, -0.25) is 0 Å². The van der Waals surface area contributed by atoms with E-state index in [0.29, 0.717) is 6.04 Å². The molecule has 0 fully saturated rings. The standard InChI is InChI=1S/C56H111N2.ClH/c1-5-8-11-14-17-20-23-26-27-28-29-32-35-38-41-44-50-56(58-53-52-57(4)54-58)51-46-45-49-55(47-42-39-36-33-30-24-21-18-15-12-9-6-2)48-43-40-37-34-31-25-22-19-16-13-10-7-3;/h52-56H,5-51H2,1-4H3;1H/q+1;/p-1. The number of hydrogen-bond donors (Lipinski definition) is 0. The topological polar surface area (TPSA) is 8.81 Å². The molecule has 0 radical (unpaired) electrons. The first-order valence-corrected chi connectivity index (χ1v) is 27.7. The van der Waals surface area contributed by atoms with Crippen LogP contribution < -0.4 is 17.0 Å². The Labute approximate surface area is 380 Å². The van der Waals surface area contributed by atoms with E-state index in [1.54, 1.807) is 0 Å². The first kappa shape index (κ1) is 58.5. The average molecular weight is 848 g/mol. The van der Waals surface area contributed by atoms with E-state index in [1.165, 1.54) is 302 Å². The summed E-state index contributed by atoms with van der Waals surface area (Å²) in [5.74, 6) is 0.981. The molecule has 59 heavy (non-hydrogen) atoms. The number of hydrogen-bond acceptors (Lipinski definition) is 0. The molecule has 0 saturated heterocycles. The highest BCUT2D eigenvalue weighted by Gasteiger charge is 2.17. The molecule has 0 aliphatic carbocycles. The zero-order chi connectivity index (χ0) is 41.7. The van der Waals surface area contributed by atoms with Crippen LogP contribution in [0.15, 0.2) is 18.7 Å². The summed E-state index contributed by atoms with van der Waals surface area (Å²) in [6.07, 6.45) is 75.5. The lowest BCUT2D eigenvalue weighted by Gasteiger charge is -2.18. The number of aryl methyl sites for hydroxylation is 1. The number of nitrogens with zero attached hydrogens (tertiary/aromatic N) is 2. The third-order valence-electron chi connectivity index (χ3n) is 13.9. The molecule has 0 amide bonds. The SMILES string of the molecule is CCCCCCCCCCCCCCCCCCC(CCCCC(CCCCCCCCCCCCCC)CCCCCCCCCCCCCC)[n+]1ccn(C)c1.[Cl-]. The molecule has 1 aromatic rings. The van der Waals surface area contributed by atoms with Crippen molar-refractivity contribution in [2.24, 2.45) is 13.0 Å². The van der Waals surface area contributed by atoms with E-state index < -0.39 is 0 Å². The highest BCUT2D eigenvalue weighted by atomic mass is 35.5. The minimum atomic E-state index is 0. The number of imidazole rings is 1. The van der Waals surface area contributed by atoms with Crippen molar-refractivity contribution in [2.75, 3.05) is 0 Å². The van der Waals surface area contributed by atoms with Gasteiger partial charge in [0.25, 0.3) is 0 Å².